The van der Waals surface area contributed by atoms with E-state index >= 15 is 0 Å². The van der Waals surface area contributed by atoms with Crippen LogP contribution < -0.4 is 13.8 Å². The summed E-state index contributed by atoms with van der Waals surface area (Å²) in [6, 6.07) is 18.1. The van der Waals surface area contributed by atoms with Gasteiger partial charge in [0, 0.05) is 9.79 Å². The molecule has 3 aromatic rings. The van der Waals surface area contributed by atoms with E-state index in [1.165, 1.54) is 18.2 Å². The number of ether oxygens (including phenoxy) is 1. The largest absolute Gasteiger partial charge is 0.493 e. The second-order valence-electron chi connectivity index (χ2n) is 7.24. The second kappa shape index (κ2) is 9.44. The highest BCUT2D eigenvalue weighted by atomic mass is 32.2. The number of anilines is 1. The Balaban J connectivity index is 1.73. The average Bonchev–Trinajstić information content (AvgIpc) is 3.09. The lowest BCUT2D eigenvalue weighted by Gasteiger charge is -2.19. The highest BCUT2D eigenvalue weighted by molar-refractivity contribution is 7.99. The van der Waals surface area contributed by atoms with Crippen molar-refractivity contribution >= 4 is 27.7 Å². The molecule has 1 aliphatic heterocycles. The Labute approximate surface area is 203 Å². The van der Waals surface area contributed by atoms with Crippen molar-refractivity contribution in [2.45, 2.75) is 22.6 Å². The van der Waals surface area contributed by atoms with Gasteiger partial charge in [0.05, 0.1) is 17.3 Å². The second-order valence-corrected chi connectivity index (χ2v) is 9.91. The van der Waals surface area contributed by atoms with Crippen LogP contribution in [-0.2, 0) is 23.0 Å². The molecular formula is C23H16F3N3O4S2. The Morgan fingerprint density at radius 3 is 2.46 bits per heavy atom. The molecular weight excluding hydrogens is 503 g/mol. The maximum atomic E-state index is 13.2. The fraction of sp³-hybridized carbons (Fsp3) is 0.0870. The lowest BCUT2D eigenvalue weighted by molar-refractivity contribution is -0.137. The van der Waals surface area contributed by atoms with Gasteiger partial charge >= 0.3 is 16.4 Å². The Hall–Kier alpha value is -3.82. The van der Waals surface area contributed by atoms with Crippen molar-refractivity contribution in [3.8, 4) is 11.8 Å². The minimum absolute atomic E-state index is 0.0537. The number of benzene rings is 3. The van der Waals surface area contributed by atoms with Gasteiger partial charge in [0.1, 0.15) is 24.1 Å². The number of nitrogens with one attached hydrogen (secondary N) is 1. The van der Waals surface area contributed by atoms with Crippen LogP contribution in [0.25, 0.3) is 0 Å². The summed E-state index contributed by atoms with van der Waals surface area (Å²) < 4.78 is 73.0. The average molecular weight is 520 g/mol. The van der Waals surface area contributed by atoms with Gasteiger partial charge in [-0.3, -0.25) is 0 Å². The van der Waals surface area contributed by atoms with E-state index in [4.69, 9.17) is 4.74 Å². The maximum absolute atomic E-state index is 13.2. The zero-order chi connectivity index (χ0) is 25.2. The minimum atomic E-state index is -4.58. The molecule has 0 bridgehead atoms. The van der Waals surface area contributed by atoms with Gasteiger partial charge in [0.2, 0.25) is 5.88 Å². The van der Waals surface area contributed by atoms with E-state index in [1.54, 1.807) is 24.3 Å². The summed E-state index contributed by atoms with van der Waals surface area (Å²) in [4.78, 5) is 0.488. The molecule has 0 spiro atoms. The van der Waals surface area contributed by atoms with Crippen molar-refractivity contribution in [1.29, 1.82) is 5.26 Å². The molecule has 0 aromatic heterocycles. The number of alkyl halides is 3. The molecule has 2 N–H and O–H groups in total. The SMILES string of the molecule is N#Cc1ccc(C(F)(F)F)cc1Sc1ccc(N2C=C(O)NS2(=O)=O)c(OCc2ccccc2)c1. The summed E-state index contributed by atoms with van der Waals surface area (Å²) in [6.07, 6.45) is -3.62. The molecule has 7 nitrogen and oxygen atoms in total. The zero-order valence-corrected chi connectivity index (χ0v) is 19.3. The van der Waals surface area contributed by atoms with Crippen molar-refractivity contribution in [3.63, 3.8) is 0 Å². The van der Waals surface area contributed by atoms with Crippen molar-refractivity contribution in [1.82, 2.24) is 4.72 Å². The van der Waals surface area contributed by atoms with Crippen molar-refractivity contribution in [2.24, 2.45) is 0 Å². The third-order valence-corrected chi connectivity index (χ3v) is 7.13. The number of halogens is 3. The molecule has 1 heterocycles. The highest BCUT2D eigenvalue weighted by Crippen LogP contribution is 2.41. The topological polar surface area (TPSA) is 103 Å². The molecule has 0 saturated carbocycles. The van der Waals surface area contributed by atoms with Crippen LogP contribution in [0, 0.1) is 11.3 Å². The number of aliphatic hydroxyl groups is 1. The van der Waals surface area contributed by atoms with Crippen molar-refractivity contribution in [3.05, 3.63) is 95.5 Å². The van der Waals surface area contributed by atoms with E-state index in [2.05, 4.69) is 0 Å². The Bertz CT molecular complexity index is 1440. The predicted molar refractivity (Wildman–Crippen MR) is 123 cm³/mol. The highest BCUT2D eigenvalue weighted by Gasteiger charge is 2.32. The quantitative estimate of drug-likeness (QED) is 0.457. The van der Waals surface area contributed by atoms with Crippen LogP contribution in [0.3, 0.4) is 0 Å². The van der Waals surface area contributed by atoms with Crippen LogP contribution in [0.1, 0.15) is 16.7 Å². The fourth-order valence-corrected chi connectivity index (χ4v) is 5.21. The third-order valence-electron chi connectivity index (χ3n) is 4.80. The monoisotopic (exact) mass is 519 g/mol. The van der Waals surface area contributed by atoms with Crippen molar-refractivity contribution < 1.29 is 31.4 Å². The van der Waals surface area contributed by atoms with E-state index in [0.717, 1.165) is 46.0 Å². The van der Waals surface area contributed by atoms with Gasteiger partial charge in [0.25, 0.3) is 0 Å². The molecule has 0 saturated heterocycles. The summed E-state index contributed by atoms with van der Waals surface area (Å²) >= 11 is 0.906. The molecule has 35 heavy (non-hydrogen) atoms. The fourth-order valence-electron chi connectivity index (χ4n) is 3.18. The molecule has 1 aliphatic rings. The molecule has 0 amide bonds. The normalized spacial score (nSPS) is 14.7. The van der Waals surface area contributed by atoms with Gasteiger partial charge in [-0.1, -0.05) is 42.1 Å². The molecule has 0 fully saturated rings. The van der Waals surface area contributed by atoms with Gasteiger partial charge in [-0.2, -0.15) is 26.9 Å². The van der Waals surface area contributed by atoms with E-state index in [-0.39, 0.29) is 28.5 Å². The first-order valence-electron chi connectivity index (χ1n) is 9.90. The van der Waals surface area contributed by atoms with Crippen LogP contribution in [0.5, 0.6) is 5.75 Å². The third kappa shape index (κ3) is 5.47. The number of nitriles is 1. The molecule has 0 aliphatic carbocycles. The van der Waals surface area contributed by atoms with Gasteiger partial charge in [-0.15, -0.1) is 0 Å². The first-order valence-corrected chi connectivity index (χ1v) is 12.2. The first kappa shape index (κ1) is 24.3. The lowest BCUT2D eigenvalue weighted by Crippen LogP contribution is -2.29. The van der Waals surface area contributed by atoms with Crippen molar-refractivity contribution in [2.75, 3.05) is 4.31 Å². The lowest BCUT2D eigenvalue weighted by atomic mass is 10.1. The number of hydrogen-bond donors (Lipinski definition) is 2. The van der Waals surface area contributed by atoms with Crippen LogP contribution >= 0.6 is 11.8 Å². The molecule has 3 aromatic carbocycles. The first-order chi connectivity index (χ1) is 16.6. The molecule has 0 atom stereocenters. The van der Waals surface area contributed by atoms with Crippen LogP contribution in [0.2, 0.25) is 0 Å². The summed E-state index contributed by atoms with van der Waals surface area (Å²) in [5.41, 5.74) is 0.0253. The number of aliphatic hydroxyl groups excluding tert-OH is 1. The molecule has 180 valence electrons. The van der Waals surface area contributed by atoms with Crippen LogP contribution in [0.15, 0.2) is 88.6 Å². The van der Waals surface area contributed by atoms with Gasteiger partial charge in [0.15, 0.2) is 0 Å². The number of hydrogen-bond acceptors (Lipinski definition) is 6. The summed E-state index contributed by atoms with van der Waals surface area (Å²) in [5.74, 6) is -0.485. The maximum Gasteiger partial charge on any atom is 0.416 e. The standard InChI is InChI=1S/C23H16F3N3O4S2/c24-23(25,26)17-7-6-16(12-27)21(10-17)34-18-8-9-19(29-13-22(30)28-35(29,31)32)20(11-18)33-14-15-4-2-1-3-5-15/h1-11,13,28,30H,14H2. The molecule has 4 rings (SSSR count). The Morgan fingerprint density at radius 2 is 1.83 bits per heavy atom. The minimum Gasteiger partial charge on any atom is -0.493 e. The van der Waals surface area contributed by atoms with E-state index in [9.17, 15) is 32.0 Å². The summed E-state index contributed by atoms with van der Waals surface area (Å²) in [6.45, 7) is 0.0754. The number of rotatable bonds is 6. The smallest absolute Gasteiger partial charge is 0.416 e. The zero-order valence-electron chi connectivity index (χ0n) is 17.7. The number of nitrogens with zero attached hydrogens (tertiary/aromatic N) is 2. The predicted octanol–water partition coefficient (Wildman–Crippen LogP) is 5.32. The van der Waals surface area contributed by atoms with E-state index in [1.807, 2.05) is 16.9 Å². The summed E-state index contributed by atoms with van der Waals surface area (Å²) in [5, 5.41) is 19.0. The van der Waals surface area contributed by atoms with Crippen LogP contribution in [0.4, 0.5) is 18.9 Å². The van der Waals surface area contributed by atoms with E-state index in [0.29, 0.717) is 4.90 Å². The van der Waals surface area contributed by atoms with Gasteiger partial charge < -0.3 is 9.84 Å². The van der Waals surface area contributed by atoms with Gasteiger partial charge in [-0.05, 0) is 42.0 Å². The molecule has 0 radical (unpaired) electrons. The Morgan fingerprint density at radius 1 is 1.09 bits per heavy atom. The van der Waals surface area contributed by atoms with E-state index < -0.39 is 27.8 Å². The van der Waals surface area contributed by atoms with Crippen LogP contribution in [-0.4, -0.2) is 13.5 Å². The summed E-state index contributed by atoms with van der Waals surface area (Å²) in [7, 11) is -4.11. The molecule has 12 heteroatoms. The molecule has 0 unspecified atom stereocenters. The van der Waals surface area contributed by atoms with Gasteiger partial charge in [-0.25, -0.2) is 9.03 Å². The Kier molecular flexibility index (Phi) is 6.56.